The fourth-order valence-electron chi connectivity index (χ4n) is 1.62. The largest absolute Gasteiger partial charge is 0.393 e. The SMILES string of the molecule is C[C@@H]1C[C@H](O)C[C@@H](CC#N)N1. The number of aliphatic hydroxyl groups is 1. The van der Waals surface area contributed by atoms with Gasteiger partial charge < -0.3 is 10.4 Å². The Bertz CT molecular complexity index is 154. The van der Waals surface area contributed by atoms with Gasteiger partial charge in [0.2, 0.25) is 0 Å². The number of aliphatic hydroxyl groups excluding tert-OH is 1. The van der Waals surface area contributed by atoms with Gasteiger partial charge in [-0.2, -0.15) is 5.26 Å². The van der Waals surface area contributed by atoms with E-state index in [2.05, 4.69) is 11.4 Å². The summed E-state index contributed by atoms with van der Waals surface area (Å²) in [4.78, 5) is 0. The van der Waals surface area contributed by atoms with E-state index in [1.54, 1.807) is 0 Å². The van der Waals surface area contributed by atoms with Crippen LogP contribution in [-0.4, -0.2) is 23.3 Å². The molecule has 1 aliphatic heterocycles. The number of rotatable bonds is 1. The van der Waals surface area contributed by atoms with Crippen molar-refractivity contribution in [2.75, 3.05) is 0 Å². The second kappa shape index (κ2) is 3.70. The molecular formula is C8H14N2O. The van der Waals surface area contributed by atoms with Gasteiger partial charge in [-0.05, 0) is 19.8 Å². The summed E-state index contributed by atoms with van der Waals surface area (Å²) >= 11 is 0. The molecule has 3 nitrogen and oxygen atoms in total. The van der Waals surface area contributed by atoms with E-state index in [0.29, 0.717) is 12.5 Å². The summed E-state index contributed by atoms with van der Waals surface area (Å²) in [6, 6.07) is 2.64. The number of hydrogen-bond donors (Lipinski definition) is 2. The maximum Gasteiger partial charge on any atom is 0.0638 e. The van der Waals surface area contributed by atoms with Gasteiger partial charge in [-0.3, -0.25) is 0 Å². The minimum Gasteiger partial charge on any atom is -0.393 e. The van der Waals surface area contributed by atoms with E-state index in [-0.39, 0.29) is 12.1 Å². The van der Waals surface area contributed by atoms with Gasteiger partial charge in [0.25, 0.3) is 0 Å². The van der Waals surface area contributed by atoms with Crippen molar-refractivity contribution in [1.82, 2.24) is 5.32 Å². The first-order chi connectivity index (χ1) is 5.22. The molecule has 62 valence electrons. The number of nitrogens with zero attached hydrogens (tertiary/aromatic N) is 1. The van der Waals surface area contributed by atoms with Crippen LogP contribution in [-0.2, 0) is 0 Å². The van der Waals surface area contributed by atoms with Crippen LogP contribution < -0.4 is 5.32 Å². The van der Waals surface area contributed by atoms with E-state index in [0.717, 1.165) is 12.8 Å². The van der Waals surface area contributed by atoms with Crippen LogP contribution in [0.5, 0.6) is 0 Å². The predicted octanol–water partition coefficient (Wildman–Crippen LogP) is 0.401. The van der Waals surface area contributed by atoms with Crippen LogP contribution in [0.4, 0.5) is 0 Å². The first-order valence-electron chi connectivity index (χ1n) is 4.03. The number of piperidine rings is 1. The van der Waals surface area contributed by atoms with E-state index >= 15 is 0 Å². The molecule has 0 spiro atoms. The van der Waals surface area contributed by atoms with Gasteiger partial charge in [0.15, 0.2) is 0 Å². The lowest BCUT2D eigenvalue weighted by Gasteiger charge is -2.30. The second-order valence-corrected chi connectivity index (χ2v) is 3.25. The lowest BCUT2D eigenvalue weighted by Crippen LogP contribution is -2.45. The molecule has 1 fully saturated rings. The molecule has 1 saturated heterocycles. The summed E-state index contributed by atoms with van der Waals surface area (Å²) in [5.74, 6) is 0. The molecule has 3 heteroatoms. The number of nitriles is 1. The van der Waals surface area contributed by atoms with E-state index < -0.39 is 0 Å². The van der Waals surface area contributed by atoms with E-state index in [1.807, 2.05) is 6.92 Å². The van der Waals surface area contributed by atoms with Gasteiger partial charge in [-0.25, -0.2) is 0 Å². The van der Waals surface area contributed by atoms with Crippen molar-refractivity contribution in [3.8, 4) is 6.07 Å². The van der Waals surface area contributed by atoms with E-state index in [9.17, 15) is 5.11 Å². The number of hydrogen-bond acceptors (Lipinski definition) is 3. The molecule has 0 amide bonds. The van der Waals surface area contributed by atoms with Crippen molar-refractivity contribution in [1.29, 1.82) is 5.26 Å². The summed E-state index contributed by atoms with van der Waals surface area (Å²) in [7, 11) is 0. The number of nitrogens with one attached hydrogen (secondary N) is 1. The van der Waals surface area contributed by atoms with E-state index in [4.69, 9.17) is 5.26 Å². The molecule has 1 rings (SSSR count). The Morgan fingerprint density at radius 1 is 1.64 bits per heavy atom. The topological polar surface area (TPSA) is 56.0 Å². The fourth-order valence-corrected chi connectivity index (χ4v) is 1.62. The van der Waals surface area contributed by atoms with Crippen LogP contribution in [0, 0.1) is 11.3 Å². The minimum absolute atomic E-state index is 0.193. The maximum atomic E-state index is 9.33. The van der Waals surface area contributed by atoms with Crippen molar-refractivity contribution < 1.29 is 5.11 Å². The van der Waals surface area contributed by atoms with Gasteiger partial charge in [-0.15, -0.1) is 0 Å². The molecule has 0 aromatic heterocycles. The highest BCUT2D eigenvalue weighted by molar-refractivity contribution is 4.88. The van der Waals surface area contributed by atoms with Crippen LogP contribution in [0.25, 0.3) is 0 Å². The lowest BCUT2D eigenvalue weighted by atomic mass is 9.95. The van der Waals surface area contributed by atoms with Crippen LogP contribution in [0.15, 0.2) is 0 Å². The molecule has 1 heterocycles. The first-order valence-corrected chi connectivity index (χ1v) is 4.03. The highest BCUT2D eigenvalue weighted by Gasteiger charge is 2.23. The zero-order valence-electron chi connectivity index (χ0n) is 6.75. The normalized spacial score (nSPS) is 38.1. The van der Waals surface area contributed by atoms with Crippen molar-refractivity contribution in [2.45, 2.75) is 44.4 Å². The summed E-state index contributed by atoms with van der Waals surface area (Å²) in [6.07, 6.45) is 1.81. The van der Waals surface area contributed by atoms with Gasteiger partial charge >= 0.3 is 0 Å². The Morgan fingerprint density at radius 2 is 2.36 bits per heavy atom. The molecule has 1 aliphatic rings. The molecule has 0 bridgehead atoms. The quantitative estimate of drug-likeness (QED) is 0.575. The third kappa shape index (κ3) is 2.49. The van der Waals surface area contributed by atoms with E-state index in [1.165, 1.54) is 0 Å². The second-order valence-electron chi connectivity index (χ2n) is 3.25. The Hall–Kier alpha value is -0.590. The van der Waals surface area contributed by atoms with Crippen molar-refractivity contribution in [3.63, 3.8) is 0 Å². The van der Waals surface area contributed by atoms with Gasteiger partial charge in [0.05, 0.1) is 18.6 Å². The zero-order chi connectivity index (χ0) is 8.27. The fraction of sp³-hybridized carbons (Fsp3) is 0.875. The first kappa shape index (κ1) is 8.51. The third-order valence-corrected chi connectivity index (χ3v) is 2.04. The smallest absolute Gasteiger partial charge is 0.0638 e. The molecule has 0 aromatic carbocycles. The standard InChI is InChI=1S/C8H14N2O/c1-6-4-8(11)5-7(10-6)2-3-9/h6-8,10-11H,2,4-5H2,1H3/t6-,7-,8+/m1/s1. The Morgan fingerprint density at radius 3 is 2.91 bits per heavy atom. The molecule has 2 N–H and O–H groups in total. The molecule has 11 heavy (non-hydrogen) atoms. The average molecular weight is 154 g/mol. The monoisotopic (exact) mass is 154 g/mol. The molecule has 0 aromatic rings. The zero-order valence-corrected chi connectivity index (χ0v) is 6.75. The molecule has 0 aliphatic carbocycles. The maximum absolute atomic E-state index is 9.33. The van der Waals surface area contributed by atoms with Crippen molar-refractivity contribution >= 4 is 0 Å². The van der Waals surface area contributed by atoms with Crippen molar-refractivity contribution in [3.05, 3.63) is 0 Å². The van der Waals surface area contributed by atoms with Crippen molar-refractivity contribution in [2.24, 2.45) is 0 Å². The minimum atomic E-state index is -0.218. The highest BCUT2D eigenvalue weighted by atomic mass is 16.3. The van der Waals surface area contributed by atoms with Crippen LogP contribution >= 0.6 is 0 Å². The molecule has 0 saturated carbocycles. The van der Waals surface area contributed by atoms with Gasteiger partial charge in [0, 0.05) is 12.1 Å². The summed E-state index contributed by atoms with van der Waals surface area (Å²) in [6.45, 7) is 2.03. The lowest BCUT2D eigenvalue weighted by molar-refractivity contribution is 0.0985. The van der Waals surface area contributed by atoms with Gasteiger partial charge in [0.1, 0.15) is 0 Å². The Balaban J connectivity index is 2.38. The summed E-state index contributed by atoms with van der Waals surface area (Å²) in [5, 5.41) is 21.0. The van der Waals surface area contributed by atoms with Crippen LogP contribution in [0.3, 0.4) is 0 Å². The molecule has 0 radical (unpaired) electrons. The summed E-state index contributed by atoms with van der Waals surface area (Å²) in [5.41, 5.74) is 0. The van der Waals surface area contributed by atoms with Crippen LogP contribution in [0.2, 0.25) is 0 Å². The Labute approximate surface area is 67.0 Å². The Kier molecular flexibility index (Phi) is 2.86. The van der Waals surface area contributed by atoms with Gasteiger partial charge in [-0.1, -0.05) is 0 Å². The molecule has 3 atom stereocenters. The highest BCUT2D eigenvalue weighted by Crippen LogP contribution is 2.14. The van der Waals surface area contributed by atoms with Crippen LogP contribution in [0.1, 0.15) is 26.2 Å². The predicted molar refractivity (Wildman–Crippen MR) is 41.9 cm³/mol. The average Bonchev–Trinajstić information content (AvgIpc) is 1.85. The molecule has 0 unspecified atom stereocenters. The third-order valence-electron chi connectivity index (χ3n) is 2.04. The molecular weight excluding hydrogens is 140 g/mol. The summed E-state index contributed by atoms with van der Waals surface area (Å²) < 4.78 is 0.